The summed E-state index contributed by atoms with van der Waals surface area (Å²) < 4.78 is 46.4. The number of pyridine rings is 4. The fourth-order valence-corrected chi connectivity index (χ4v) is 13.6. The Morgan fingerprint density at radius 3 is 0.835 bits per heavy atom. The Bertz CT molecular complexity index is 3840. The Labute approximate surface area is 642 Å². The number of carbonyl (C=O) groups is 5. The van der Waals surface area contributed by atoms with E-state index in [1.165, 1.54) is 16.7 Å². The second-order valence-corrected chi connectivity index (χ2v) is 27.2. The minimum atomic E-state index is -0.187. The van der Waals surface area contributed by atoms with Crippen molar-refractivity contribution >= 4 is 29.9 Å². The first-order valence-corrected chi connectivity index (χ1v) is 36.1. The zero-order valence-corrected chi connectivity index (χ0v) is 58.9. The predicted octanol–water partition coefficient (Wildman–Crippen LogP) is 11.5. The molecule has 25 nitrogen and oxygen atoms in total. The number of amides is 4. The number of hydrogen-bond donors (Lipinski definition) is 5. The van der Waals surface area contributed by atoms with E-state index >= 15 is 0 Å². The zero-order chi connectivity index (χ0) is 72.9. The molecule has 4 fully saturated rings. The maximum Gasteiger partial charge on any atom is 0.257 e. The molecular formula is C84H110N12O13. The number of aromatic nitrogens is 4. The third-order valence-corrected chi connectivity index (χ3v) is 20.0. The molecule has 0 aliphatic carbocycles. The maximum absolute atomic E-state index is 11.3. The second-order valence-electron chi connectivity index (χ2n) is 27.2. The summed E-state index contributed by atoms with van der Waals surface area (Å²) in [4.78, 5) is 78.8. The van der Waals surface area contributed by atoms with Gasteiger partial charge in [0, 0.05) is 75.1 Å². The van der Waals surface area contributed by atoms with Gasteiger partial charge in [0.25, 0.3) is 23.5 Å². The van der Waals surface area contributed by atoms with Crippen molar-refractivity contribution < 1.29 is 63.3 Å². The number of likely N-dealkylation sites (tertiary alicyclic amines) is 3. The highest BCUT2D eigenvalue weighted by atomic mass is 16.6. The number of carbonyl (C=O) groups excluding carboxylic acids is 5. The Morgan fingerprint density at radius 2 is 0.606 bits per heavy atom. The molecule has 4 aromatic heterocycles. The summed E-state index contributed by atoms with van der Waals surface area (Å²) in [5.74, 6) is 4.49. The molecule has 0 bridgehead atoms. The molecule has 0 radical (unpaired) electrons. The summed E-state index contributed by atoms with van der Waals surface area (Å²) in [7, 11) is 0. The van der Waals surface area contributed by atoms with Crippen molar-refractivity contribution in [2.75, 3.05) is 78.8 Å². The van der Waals surface area contributed by atoms with Crippen molar-refractivity contribution in [2.45, 2.75) is 125 Å². The van der Waals surface area contributed by atoms with Gasteiger partial charge in [0.2, 0.25) is 23.6 Å². The maximum atomic E-state index is 11.3. The molecule has 4 amide bonds. The van der Waals surface area contributed by atoms with Crippen molar-refractivity contribution in [1.29, 1.82) is 0 Å². The number of hydrogen-bond acceptors (Lipinski definition) is 21. The molecule has 8 aliphatic rings. The van der Waals surface area contributed by atoms with Gasteiger partial charge >= 0.3 is 0 Å². The molecule has 584 valence electrons. The van der Waals surface area contributed by atoms with Gasteiger partial charge in [-0.2, -0.15) is 0 Å². The third-order valence-electron chi connectivity index (χ3n) is 20.0. The Morgan fingerprint density at radius 1 is 0.367 bits per heavy atom. The van der Waals surface area contributed by atoms with Crippen LogP contribution in [0.1, 0.15) is 156 Å². The lowest BCUT2D eigenvalue weighted by Gasteiger charge is -2.30. The van der Waals surface area contributed by atoms with Crippen LogP contribution in [0.4, 0.5) is 0 Å². The van der Waals surface area contributed by atoms with E-state index in [4.69, 9.17) is 60.8 Å². The first kappa shape index (κ1) is 83.9. The van der Waals surface area contributed by atoms with Crippen molar-refractivity contribution in [1.82, 2.24) is 40.0 Å². The van der Waals surface area contributed by atoms with E-state index in [0.29, 0.717) is 78.5 Å². The number of aldehydes is 1. The minimum Gasteiger partial charge on any atom is -0.484 e. The van der Waals surface area contributed by atoms with Crippen LogP contribution >= 0.6 is 0 Å². The van der Waals surface area contributed by atoms with Crippen molar-refractivity contribution in [3.8, 4) is 46.5 Å². The van der Waals surface area contributed by atoms with Crippen LogP contribution in [-0.2, 0) is 38.8 Å². The highest BCUT2D eigenvalue weighted by Crippen LogP contribution is 2.38. The molecule has 0 spiro atoms. The summed E-state index contributed by atoms with van der Waals surface area (Å²) in [5, 5.41) is 3.16. The first-order valence-electron chi connectivity index (χ1n) is 36.1. The van der Waals surface area contributed by atoms with Gasteiger partial charge in [0.05, 0.1) is 0 Å². The van der Waals surface area contributed by atoms with Gasteiger partial charge in [-0.1, -0.05) is 127 Å². The predicted molar refractivity (Wildman–Crippen MR) is 419 cm³/mol. The molecule has 25 heteroatoms. The number of nitrogens with zero attached hydrogens (tertiary/aromatic N) is 7. The van der Waals surface area contributed by atoms with Crippen molar-refractivity contribution in [3.05, 3.63) is 215 Å². The van der Waals surface area contributed by atoms with Gasteiger partial charge in [-0.25, -0.2) is 19.9 Å². The summed E-state index contributed by atoms with van der Waals surface area (Å²) >= 11 is 0. The largest absolute Gasteiger partial charge is 0.484 e. The van der Waals surface area contributed by atoms with Gasteiger partial charge in [-0.05, 0) is 191 Å². The number of ether oxygens (including phenoxy) is 8. The van der Waals surface area contributed by atoms with Crippen LogP contribution in [0.2, 0.25) is 0 Å². The fraction of sp³-hybridized carbons (Fsp3) is 0.417. The van der Waals surface area contributed by atoms with Crippen molar-refractivity contribution in [2.24, 2.45) is 46.6 Å². The number of primary amides is 4. The molecule has 16 rings (SSSR count). The number of rotatable bonds is 15. The number of benzene rings is 4. The van der Waals surface area contributed by atoms with Gasteiger partial charge < -0.3 is 66.1 Å². The summed E-state index contributed by atoms with van der Waals surface area (Å²) in [5.41, 5.74) is 29.9. The quantitative estimate of drug-likeness (QED) is 0.0595. The smallest absolute Gasteiger partial charge is 0.257 e. The average molecular weight is 1500 g/mol. The molecule has 8 aliphatic heterocycles. The molecule has 4 aromatic carbocycles. The number of fused-ring (bicyclic) bond motifs is 4. The SMILES string of the molecule is C.C.C.C.NC(=O)C1CCN(Cc2ccc(C3COc4cccnc4O3)cc2)CC1.NC(=O)C1CCN(Cc2ccc([C@@H]3COc4cccnc4O3)cc2)CC1.NC(=O)C1CCN(Cc2ccc([C@H]3COc4cccnc4O3)cc2)CC1.NC(=O)C1CCNCC1.O=Cc1ccc(C2COc3cccnc3O2)cc1.[2HH]. The lowest BCUT2D eigenvalue weighted by atomic mass is 9.96. The minimum absolute atomic E-state index is 0. The average Bonchev–Trinajstić information content (AvgIpc) is 0.832. The van der Waals surface area contributed by atoms with E-state index < -0.39 is 0 Å². The molecule has 9 N–H and O–H groups in total. The van der Waals surface area contributed by atoms with Gasteiger partial charge in [0.1, 0.15) is 32.7 Å². The standard InChI is InChI=1S/3C20H23N3O3.C14H11NO3.C6H12N2O.4CH4.H2/c3*21-19(24)16-7-10-23(11-8-16)12-14-3-5-15(6-4-14)18-13-25-17-2-1-9-22-20(17)26-18;16-8-10-3-5-11(6-4-10)13-9-17-12-2-1-7-15-14(12)18-13;7-6(9)5-1-3-8-4-2-5;;;;;/h3*1-6,9,16,18H,7-8,10-13H2,(H2,21,24);1-8,13H,9H2;5,8H,1-4H2,(H2,7,9);4*1H4;1H/t2*18-;;;;;;;;/m10......../s1/i;;;;;;;;;1+1. The molecule has 109 heavy (non-hydrogen) atoms. The van der Waals surface area contributed by atoms with Crippen LogP contribution < -0.4 is 66.1 Å². The molecule has 4 atom stereocenters. The van der Waals surface area contributed by atoms with Gasteiger partial charge in [-0.3, -0.25) is 38.7 Å². The fourth-order valence-electron chi connectivity index (χ4n) is 13.6. The van der Waals surface area contributed by atoms with Crippen LogP contribution in [0, 0.1) is 23.7 Å². The van der Waals surface area contributed by atoms with E-state index in [1.54, 1.807) is 43.0 Å². The number of nitrogens with two attached hydrogens (primary N) is 4. The topological polar surface area (TPSA) is 337 Å². The van der Waals surface area contributed by atoms with E-state index in [1.807, 2.05) is 54.6 Å². The van der Waals surface area contributed by atoms with Crippen LogP contribution in [0.5, 0.6) is 46.5 Å². The van der Waals surface area contributed by atoms with Crippen LogP contribution in [0.15, 0.2) is 170 Å². The Hall–Kier alpha value is -10.7. The summed E-state index contributed by atoms with van der Waals surface area (Å²) in [6, 6.07) is 47.3. The zero-order valence-electron chi connectivity index (χ0n) is 58.9. The Balaban J connectivity index is 0.000000195. The molecule has 2 unspecified atom stereocenters. The van der Waals surface area contributed by atoms with Crippen LogP contribution in [0.3, 0.4) is 0 Å². The van der Waals surface area contributed by atoms with E-state index in [-0.39, 0.29) is 103 Å². The molecule has 8 aromatic rings. The van der Waals surface area contributed by atoms with Gasteiger partial charge in [-0.15, -0.1) is 0 Å². The summed E-state index contributed by atoms with van der Waals surface area (Å²) in [6.07, 6.45) is 13.9. The summed E-state index contributed by atoms with van der Waals surface area (Å²) in [6.45, 7) is 11.9. The van der Waals surface area contributed by atoms with Crippen LogP contribution in [-0.4, -0.2) is 143 Å². The van der Waals surface area contributed by atoms with E-state index in [9.17, 15) is 24.0 Å². The van der Waals surface area contributed by atoms with E-state index in [2.05, 4.69) is 113 Å². The number of piperidine rings is 4. The molecule has 0 saturated carbocycles. The van der Waals surface area contributed by atoms with Crippen LogP contribution in [0.25, 0.3) is 0 Å². The third kappa shape index (κ3) is 23.6. The first-order chi connectivity index (χ1) is 51.2. The van der Waals surface area contributed by atoms with Gasteiger partial charge in [0.15, 0.2) is 47.4 Å². The van der Waals surface area contributed by atoms with E-state index in [0.717, 1.165) is 152 Å². The molecule has 12 heterocycles. The monoisotopic (exact) mass is 1500 g/mol. The normalized spacial score (nSPS) is 19.4. The lowest BCUT2D eigenvalue weighted by Crippen LogP contribution is -2.38. The highest BCUT2D eigenvalue weighted by Gasteiger charge is 2.30. The lowest BCUT2D eigenvalue weighted by molar-refractivity contribution is -0.124. The number of nitrogens with one attached hydrogen (secondary N) is 1. The Kier molecular flexibility index (Phi) is 32.0. The second kappa shape index (κ2) is 41.6. The molecular weight excluding hydrogens is 1380 g/mol. The molecule has 4 saturated heterocycles. The highest BCUT2D eigenvalue weighted by molar-refractivity contribution is 5.78. The van der Waals surface area contributed by atoms with Crippen molar-refractivity contribution in [3.63, 3.8) is 0 Å².